The SMILES string of the molecule is COc1cccc(CN2CCN(C3CCCCCC3)CC2)c1.O=C(O)C(=O)O. The summed E-state index contributed by atoms with van der Waals surface area (Å²) in [5, 5.41) is 14.8. The van der Waals surface area contributed by atoms with Gasteiger partial charge in [-0.25, -0.2) is 9.59 Å². The summed E-state index contributed by atoms with van der Waals surface area (Å²) in [5.41, 5.74) is 1.36. The lowest BCUT2D eigenvalue weighted by Crippen LogP contribution is -2.49. The topological polar surface area (TPSA) is 90.3 Å². The van der Waals surface area contributed by atoms with Crippen LogP contribution in [0.2, 0.25) is 0 Å². The van der Waals surface area contributed by atoms with E-state index >= 15 is 0 Å². The van der Waals surface area contributed by atoms with Crippen molar-refractivity contribution >= 4 is 11.9 Å². The van der Waals surface area contributed by atoms with Crippen molar-refractivity contribution in [3.05, 3.63) is 29.8 Å². The van der Waals surface area contributed by atoms with E-state index < -0.39 is 11.9 Å². The van der Waals surface area contributed by atoms with E-state index in [1.54, 1.807) is 7.11 Å². The molecule has 28 heavy (non-hydrogen) atoms. The third-order valence-corrected chi connectivity index (χ3v) is 5.47. The van der Waals surface area contributed by atoms with E-state index in [0.717, 1.165) is 18.3 Å². The van der Waals surface area contributed by atoms with Gasteiger partial charge in [0.25, 0.3) is 0 Å². The molecule has 3 rings (SSSR count). The molecule has 1 aromatic carbocycles. The maximum atomic E-state index is 9.10. The van der Waals surface area contributed by atoms with Crippen LogP contribution in [0, 0.1) is 0 Å². The normalized spacial score (nSPS) is 19.2. The number of hydrogen-bond acceptors (Lipinski definition) is 5. The first kappa shape index (κ1) is 22.2. The van der Waals surface area contributed by atoms with Crippen LogP contribution in [0.3, 0.4) is 0 Å². The number of aliphatic carboxylic acids is 2. The first-order chi connectivity index (χ1) is 13.5. The van der Waals surface area contributed by atoms with Crippen LogP contribution in [0.5, 0.6) is 5.75 Å². The van der Waals surface area contributed by atoms with Crippen molar-refractivity contribution in [2.45, 2.75) is 51.1 Å². The van der Waals surface area contributed by atoms with Gasteiger partial charge in [0.2, 0.25) is 0 Å². The van der Waals surface area contributed by atoms with Gasteiger partial charge in [-0.1, -0.05) is 37.8 Å². The van der Waals surface area contributed by atoms with Crippen molar-refractivity contribution in [2.24, 2.45) is 0 Å². The Morgan fingerprint density at radius 2 is 1.61 bits per heavy atom. The Balaban J connectivity index is 0.000000409. The fourth-order valence-corrected chi connectivity index (χ4v) is 3.94. The molecule has 7 heteroatoms. The summed E-state index contributed by atoms with van der Waals surface area (Å²) in [5.74, 6) is -2.68. The number of methoxy groups -OCH3 is 1. The summed E-state index contributed by atoms with van der Waals surface area (Å²) in [7, 11) is 1.74. The van der Waals surface area contributed by atoms with E-state index in [4.69, 9.17) is 24.5 Å². The second-order valence-electron chi connectivity index (χ2n) is 7.42. The molecule has 2 N–H and O–H groups in total. The van der Waals surface area contributed by atoms with Gasteiger partial charge < -0.3 is 14.9 Å². The number of benzene rings is 1. The number of nitrogens with zero attached hydrogens (tertiary/aromatic N) is 2. The average Bonchev–Trinajstić information content (AvgIpc) is 2.99. The van der Waals surface area contributed by atoms with E-state index in [-0.39, 0.29) is 0 Å². The Morgan fingerprint density at radius 3 is 2.14 bits per heavy atom. The Bertz CT molecular complexity index is 609. The molecule has 156 valence electrons. The minimum atomic E-state index is -1.82. The molecule has 0 spiro atoms. The third kappa shape index (κ3) is 7.48. The fourth-order valence-electron chi connectivity index (χ4n) is 3.94. The lowest BCUT2D eigenvalue weighted by Gasteiger charge is -2.39. The zero-order valence-electron chi connectivity index (χ0n) is 16.7. The fraction of sp³-hybridized carbons (Fsp3) is 0.619. The molecule has 1 aliphatic heterocycles. The lowest BCUT2D eigenvalue weighted by molar-refractivity contribution is -0.159. The average molecular weight is 392 g/mol. The maximum absolute atomic E-state index is 9.10. The van der Waals surface area contributed by atoms with Crippen LogP contribution in [0.4, 0.5) is 0 Å². The van der Waals surface area contributed by atoms with Crippen LogP contribution >= 0.6 is 0 Å². The summed E-state index contributed by atoms with van der Waals surface area (Å²) >= 11 is 0. The second-order valence-corrected chi connectivity index (χ2v) is 7.42. The number of carboxylic acid groups (broad SMARTS) is 2. The highest BCUT2D eigenvalue weighted by atomic mass is 16.5. The highest BCUT2D eigenvalue weighted by Crippen LogP contribution is 2.23. The smallest absolute Gasteiger partial charge is 0.414 e. The van der Waals surface area contributed by atoms with Gasteiger partial charge in [0, 0.05) is 38.8 Å². The van der Waals surface area contributed by atoms with Crippen molar-refractivity contribution < 1.29 is 24.5 Å². The van der Waals surface area contributed by atoms with Crippen molar-refractivity contribution in [2.75, 3.05) is 33.3 Å². The van der Waals surface area contributed by atoms with E-state index in [1.807, 2.05) is 6.07 Å². The molecule has 1 saturated heterocycles. The van der Waals surface area contributed by atoms with Crippen LogP contribution in [0.15, 0.2) is 24.3 Å². The van der Waals surface area contributed by atoms with Gasteiger partial charge in [-0.15, -0.1) is 0 Å². The Labute approximate surface area is 166 Å². The van der Waals surface area contributed by atoms with Gasteiger partial charge in [0.15, 0.2) is 0 Å². The first-order valence-electron chi connectivity index (χ1n) is 10.0. The van der Waals surface area contributed by atoms with Crippen molar-refractivity contribution in [3.8, 4) is 5.75 Å². The van der Waals surface area contributed by atoms with E-state index in [9.17, 15) is 0 Å². The molecular weight excluding hydrogens is 360 g/mol. The lowest BCUT2D eigenvalue weighted by atomic mass is 10.1. The quantitative estimate of drug-likeness (QED) is 0.601. The van der Waals surface area contributed by atoms with Crippen LogP contribution in [-0.2, 0) is 16.1 Å². The third-order valence-electron chi connectivity index (χ3n) is 5.47. The van der Waals surface area contributed by atoms with Crippen molar-refractivity contribution in [3.63, 3.8) is 0 Å². The van der Waals surface area contributed by atoms with Crippen LogP contribution in [-0.4, -0.2) is 71.3 Å². The summed E-state index contributed by atoms with van der Waals surface area (Å²) in [6, 6.07) is 9.35. The predicted octanol–water partition coefficient (Wildman–Crippen LogP) is 2.69. The summed E-state index contributed by atoms with van der Waals surface area (Å²) in [4.78, 5) is 23.5. The largest absolute Gasteiger partial charge is 0.497 e. The van der Waals surface area contributed by atoms with Gasteiger partial charge in [-0.05, 0) is 30.5 Å². The number of carbonyl (C=O) groups is 2. The number of piperazine rings is 1. The molecule has 1 aromatic rings. The molecule has 2 aliphatic rings. The highest BCUT2D eigenvalue weighted by Gasteiger charge is 2.24. The zero-order valence-corrected chi connectivity index (χ0v) is 16.7. The molecular formula is C21H32N2O5. The van der Waals surface area contributed by atoms with Gasteiger partial charge >= 0.3 is 11.9 Å². The zero-order chi connectivity index (χ0) is 20.4. The molecule has 0 radical (unpaired) electrons. The highest BCUT2D eigenvalue weighted by molar-refractivity contribution is 6.27. The molecule has 7 nitrogen and oxygen atoms in total. The van der Waals surface area contributed by atoms with Gasteiger partial charge in [0.1, 0.15) is 5.75 Å². The number of rotatable bonds is 4. The maximum Gasteiger partial charge on any atom is 0.414 e. The number of ether oxygens (including phenoxy) is 1. The molecule has 0 amide bonds. The van der Waals surface area contributed by atoms with E-state index in [2.05, 4.69) is 28.0 Å². The first-order valence-corrected chi connectivity index (χ1v) is 10.0. The van der Waals surface area contributed by atoms with E-state index in [0.29, 0.717) is 0 Å². The van der Waals surface area contributed by atoms with E-state index in [1.165, 1.54) is 70.3 Å². The molecule has 0 aromatic heterocycles. The summed E-state index contributed by atoms with van der Waals surface area (Å²) in [6.07, 6.45) is 8.63. The summed E-state index contributed by atoms with van der Waals surface area (Å²) < 4.78 is 5.33. The second kappa shape index (κ2) is 11.7. The molecule has 0 unspecified atom stereocenters. The predicted molar refractivity (Wildman–Crippen MR) is 107 cm³/mol. The Kier molecular flexibility index (Phi) is 9.23. The van der Waals surface area contributed by atoms with Crippen LogP contribution < -0.4 is 4.74 Å². The number of carboxylic acids is 2. The monoisotopic (exact) mass is 392 g/mol. The Morgan fingerprint density at radius 1 is 1.00 bits per heavy atom. The number of hydrogen-bond donors (Lipinski definition) is 2. The standard InChI is InChI=1S/C19H30N2O.C2H2O4/c1-22-19-10-6-7-17(15-19)16-20-11-13-21(14-12-20)18-8-4-2-3-5-9-18;3-1(4)2(5)6/h6-7,10,15,18H,2-5,8-9,11-14,16H2,1H3;(H,3,4)(H,5,6). The molecule has 1 aliphatic carbocycles. The molecule has 1 heterocycles. The Hall–Kier alpha value is -2.12. The van der Waals surface area contributed by atoms with Gasteiger partial charge in [-0.2, -0.15) is 0 Å². The summed E-state index contributed by atoms with van der Waals surface area (Å²) in [6.45, 7) is 5.94. The minimum absolute atomic E-state index is 0.862. The van der Waals surface area contributed by atoms with Crippen LogP contribution in [0.25, 0.3) is 0 Å². The van der Waals surface area contributed by atoms with Gasteiger partial charge in [0.05, 0.1) is 7.11 Å². The minimum Gasteiger partial charge on any atom is -0.497 e. The van der Waals surface area contributed by atoms with Crippen LogP contribution in [0.1, 0.15) is 44.1 Å². The molecule has 2 fully saturated rings. The molecule has 0 atom stereocenters. The molecule has 1 saturated carbocycles. The van der Waals surface area contributed by atoms with Crippen molar-refractivity contribution in [1.29, 1.82) is 0 Å². The van der Waals surface area contributed by atoms with Crippen molar-refractivity contribution in [1.82, 2.24) is 9.80 Å². The van der Waals surface area contributed by atoms with Gasteiger partial charge in [-0.3, -0.25) is 9.80 Å². The molecule has 0 bridgehead atoms.